The van der Waals surface area contributed by atoms with Crippen LogP contribution in [0.4, 0.5) is 0 Å². The Bertz CT molecular complexity index is 127. The topological polar surface area (TPSA) is 17.1 Å². The Balaban J connectivity index is 3.65. The fourth-order valence-electron chi connectivity index (χ4n) is 0.545. The van der Waals surface area contributed by atoms with Crippen molar-refractivity contribution < 1.29 is 4.79 Å². The van der Waals surface area contributed by atoms with Crippen LogP contribution in [0.3, 0.4) is 0 Å². The van der Waals surface area contributed by atoms with Crippen molar-refractivity contribution in [1.29, 1.82) is 0 Å². The highest BCUT2D eigenvalue weighted by Crippen LogP contribution is 1.99. The summed E-state index contributed by atoms with van der Waals surface area (Å²) in [7, 11) is -0.695. The molecule has 0 spiro atoms. The lowest BCUT2D eigenvalue weighted by Gasteiger charge is -1.99. The summed E-state index contributed by atoms with van der Waals surface area (Å²) in [5, 5.41) is 0. The molecule has 0 aromatic rings. The molecular weight excluding hydrogens is 128 g/mol. The highest BCUT2D eigenvalue weighted by molar-refractivity contribution is 6.60. The van der Waals surface area contributed by atoms with Crippen LogP contribution in [0.5, 0.6) is 0 Å². The summed E-state index contributed by atoms with van der Waals surface area (Å²) < 4.78 is 0. The molecule has 0 saturated heterocycles. The molecule has 52 valence electrons. The summed E-state index contributed by atoms with van der Waals surface area (Å²) in [4.78, 5) is 10.9. The quantitative estimate of drug-likeness (QED) is 0.432. The predicted octanol–water partition coefficient (Wildman–Crippen LogP) is 1.62. The number of hydrogen-bond donors (Lipinski definition) is 0. The lowest BCUT2D eigenvalue weighted by molar-refractivity contribution is -0.113. The van der Waals surface area contributed by atoms with Gasteiger partial charge in [-0.05, 0) is 12.5 Å². The smallest absolute Gasteiger partial charge is 0.155 e. The minimum Gasteiger partial charge on any atom is -0.295 e. The highest BCUT2D eigenvalue weighted by atomic mass is 28.3. The third-order valence-electron chi connectivity index (χ3n) is 1.07. The fraction of sp³-hybridized carbons (Fsp3) is 0.571. The first-order valence-corrected chi connectivity index (χ1v) is 6.35. The minimum atomic E-state index is -0.695. The van der Waals surface area contributed by atoms with Crippen LogP contribution in [0.2, 0.25) is 19.1 Å². The molecule has 0 aromatic carbocycles. The van der Waals surface area contributed by atoms with Gasteiger partial charge in [-0.3, -0.25) is 4.79 Å². The number of carbonyl (C=O) groups is 1. The van der Waals surface area contributed by atoms with E-state index >= 15 is 0 Å². The SMILES string of the molecule is C=C(C)C(=O)C[SiH](C)C. The maximum Gasteiger partial charge on any atom is 0.155 e. The van der Waals surface area contributed by atoms with Gasteiger partial charge in [-0.2, -0.15) is 0 Å². The van der Waals surface area contributed by atoms with Gasteiger partial charge in [0.05, 0.1) is 0 Å². The van der Waals surface area contributed by atoms with Crippen molar-refractivity contribution in [1.82, 2.24) is 0 Å². The molecular formula is C7H14OSi. The second kappa shape index (κ2) is 3.61. The van der Waals surface area contributed by atoms with Crippen LogP contribution in [0, 0.1) is 0 Å². The average Bonchev–Trinajstić information content (AvgIpc) is 1.63. The molecule has 1 nitrogen and oxygen atoms in total. The Hall–Kier alpha value is -0.373. The Kier molecular flexibility index (Phi) is 3.46. The van der Waals surface area contributed by atoms with Gasteiger partial charge in [0.1, 0.15) is 0 Å². The van der Waals surface area contributed by atoms with Gasteiger partial charge in [0.25, 0.3) is 0 Å². The standard InChI is InChI=1S/C7H14OSi/c1-6(2)7(8)5-9(3)4/h9H,1,5H2,2-4H3. The zero-order valence-electron chi connectivity index (χ0n) is 6.40. The maximum absolute atomic E-state index is 10.9. The molecule has 0 heterocycles. The molecule has 0 aliphatic rings. The van der Waals surface area contributed by atoms with E-state index in [-0.39, 0.29) is 5.78 Å². The first kappa shape index (κ1) is 8.63. The summed E-state index contributed by atoms with van der Waals surface area (Å²) in [6.07, 6.45) is 0. The molecule has 0 N–H and O–H groups in total. The van der Waals surface area contributed by atoms with E-state index in [2.05, 4.69) is 19.7 Å². The van der Waals surface area contributed by atoms with Gasteiger partial charge in [0.15, 0.2) is 5.78 Å². The molecule has 0 rings (SSSR count). The predicted molar refractivity (Wildman–Crippen MR) is 43.5 cm³/mol. The highest BCUT2D eigenvalue weighted by Gasteiger charge is 2.04. The van der Waals surface area contributed by atoms with Crippen LogP contribution in [0.15, 0.2) is 12.2 Å². The van der Waals surface area contributed by atoms with E-state index in [1.54, 1.807) is 6.92 Å². The molecule has 9 heavy (non-hydrogen) atoms. The van der Waals surface area contributed by atoms with E-state index in [4.69, 9.17) is 0 Å². The minimum absolute atomic E-state index is 0.247. The summed E-state index contributed by atoms with van der Waals surface area (Å²) in [6.45, 7) is 9.69. The van der Waals surface area contributed by atoms with Gasteiger partial charge in [-0.15, -0.1) is 0 Å². The summed E-state index contributed by atoms with van der Waals surface area (Å²) in [6, 6.07) is 0.773. The van der Waals surface area contributed by atoms with Gasteiger partial charge < -0.3 is 0 Å². The molecule has 0 amide bonds. The summed E-state index contributed by atoms with van der Waals surface area (Å²) >= 11 is 0. The van der Waals surface area contributed by atoms with Gasteiger partial charge in [0, 0.05) is 14.8 Å². The number of carbonyl (C=O) groups excluding carboxylic acids is 1. The molecule has 0 aromatic heterocycles. The van der Waals surface area contributed by atoms with Crippen LogP contribution in [-0.2, 0) is 4.79 Å². The number of allylic oxidation sites excluding steroid dienone is 1. The van der Waals surface area contributed by atoms with Crippen LogP contribution < -0.4 is 0 Å². The van der Waals surface area contributed by atoms with Crippen molar-refractivity contribution in [2.45, 2.75) is 26.1 Å². The third-order valence-corrected chi connectivity index (χ3v) is 2.26. The van der Waals surface area contributed by atoms with Crippen molar-refractivity contribution in [2.24, 2.45) is 0 Å². The zero-order valence-corrected chi connectivity index (χ0v) is 7.55. The van der Waals surface area contributed by atoms with E-state index in [1.807, 2.05) is 0 Å². The van der Waals surface area contributed by atoms with E-state index < -0.39 is 8.80 Å². The molecule has 2 heteroatoms. The maximum atomic E-state index is 10.9. The summed E-state index contributed by atoms with van der Waals surface area (Å²) in [5.41, 5.74) is 0.705. The molecule has 0 fully saturated rings. The van der Waals surface area contributed by atoms with Gasteiger partial charge in [0.2, 0.25) is 0 Å². The zero-order chi connectivity index (χ0) is 7.44. The Labute approximate surface area is 58.4 Å². The number of ketones is 1. The Morgan fingerprint density at radius 2 is 2.00 bits per heavy atom. The largest absolute Gasteiger partial charge is 0.295 e. The third kappa shape index (κ3) is 4.15. The summed E-state index contributed by atoms with van der Waals surface area (Å²) in [5.74, 6) is 0.247. The van der Waals surface area contributed by atoms with E-state index in [0.717, 1.165) is 6.04 Å². The Morgan fingerprint density at radius 1 is 1.56 bits per heavy atom. The first-order chi connectivity index (χ1) is 4.04. The normalized spacial score (nSPS) is 9.78. The monoisotopic (exact) mass is 142 g/mol. The van der Waals surface area contributed by atoms with Gasteiger partial charge in [-0.25, -0.2) is 0 Å². The fourth-order valence-corrected chi connectivity index (χ4v) is 1.64. The van der Waals surface area contributed by atoms with Gasteiger partial charge in [-0.1, -0.05) is 19.7 Å². The molecule has 0 radical (unpaired) electrons. The van der Waals surface area contributed by atoms with Crippen LogP contribution in [-0.4, -0.2) is 14.6 Å². The average molecular weight is 142 g/mol. The van der Waals surface area contributed by atoms with Crippen molar-refractivity contribution in [3.63, 3.8) is 0 Å². The van der Waals surface area contributed by atoms with Gasteiger partial charge >= 0.3 is 0 Å². The molecule has 0 unspecified atom stereocenters. The first-order valence-electron chi connectivity index (χ1n) is 3.22. The molecule has 0 bridgehead atoms. The van der Waals surface area contributed by atoms with Crippen molar-refractivity contribution >= 4 is 14.6 Å². The lowest BCUT2D eigenvalue weighted by Crippen LogP contribution is -2.08. The van der Waals surface area contributed by atoms with E-state index in [9.17, 15) is 4.79 Å². The number of rotatable bonds is 3. The van der Waals surface area contributed by atoms with Crippen molar-refractivity contribution in [3.05, 3.63) is 12.2 Å². The van der Waals surface area contributed by atoms with Crippen LogP contribution in [0.1, 0.15) is 6.92 Å². The molecule has 0 aliphatic carbocycles. The van der Waals surface area contributed by atoms with Crippen LogP contribution in [0.25, 0.3) is 0 Å². The van der Waals surface area contributed by atoms with E-state index in [0.29, 0.717) is 5.57 Å². The molecule has 0 aliphatic heterocycles. The van der Waals surface area contributed by atoms with Crippen LogP contribution >= 0.6 is 0 Å². The number of Topliss-reactive ketones (excluding diaryl/α,β-unsaturated/α-hetero) is 1. The Morgan fingerprint density at radius 3 is 2.11 bits per heavy atom. The lowest BCUT2D eigenvalue weighted by atomic mass is 10.2. The second-order valence-corrected chi connectivity index (χ2v) is 6.00. The van der Waals surface area contributed by atoms with Crippen molar-refractivity contribution in [2.75, 3.05) is 0 Å². The molecule has 0 saturated carbocycles. The number of hydrogen-bond acceptors (Lipinski definition) is 1. The second-order valence-electron chi connectivity index (χ2n) is 2.80. The van der Waals surface area contributed by atoms with Crippen molar-refractivity contribution in [3.8, 4) is 0 Å². The van der Waals surface area contributed by atoms with E-state index in [1.165, 1.54) is 0 Å². The molecule has 0 atom stereocenters.